The summed E-state index contributed by atoms with van der Waals surface area (Å²) in [5, 5.41) is 0. The maximum Gasteiger partial charge on any atom is 0.163 e. The molecule has 2 nitrogen and oxygen atoms in total. The average Bonchev–Trinajstić information content (AvgIpc) is 2.07. The van der Waals surface area contributed by atoms with Crippen molar-refractivity contribution in [2.24, 2.45) is 0 Å². The highest BCUT2D eigenvalue weighted by atomic mass is 16.5. The second-order valence-corrected chi connectivity index (χ2v) is 2.54. The molecular formula is C10H11O2. The smallest absolute Gasteiger partial charge is 0.163 e. The van der Waals surface area contributed by atoms with Gasteiger partial charge < -0.3 is 4.74 Å². The number of ether oxygens (including phenoxy) is 1. The van der Waals surface area contributed by atoms with E-state index >= 15 is 0 Å². The van der Waals surface area contributed by atoms with E-state index in [0.717, 1.165) is 5.56 Å². The number of carbonyl (C=O) groups excluding carboxylic acids is 1. The van der Waals surface area contributed by atoms with Crippen molar-refractivity contribution >= 4 is 5.78 Å². The minimum absolute atomic E-state index is 0.0000463. The van der Waals surface area contributed by atoms with Gasteiger partial charge in [0, 0.05) is 7.11 Å². The molecule has 0 saturated heterocycles. The van der Waals surface area contributed by atoms with Crippen molar-refractivity contribution in [3.63, 3.8) is 0 Å². The van der Waals surface area contributed by atoms with Crippen molar-refractivity contribution in [1.82, 2.24) is 0 Å². The van der Waals surface area contributed by atoms with Crippen LogP contribution in [-0.2, 0) is 9.53 Å². The molecule has 1 aromatic carbocycles. The highest BCUT2D eigenvalue weighted by molar-refractivity contribution is 5.81. The molecule has 1 atom stereocenters. The van der Waals surface area contributed by atoms with Gasteiger partial charge in [-0.3, -0.25) is 4.79 Å². The monoisotopic (exact) mass is 163 g/mol. The first-order chi connectivity index (χ1) is 5.75. The Morgan fingerprint density at radius 2 is 2.33 bits per heavy atom. The first-order valence-electron chi connectivity index (χ1n) is 3.75. The molecule has 1 rings (SSSR count). The van der Waals surface area contributed by atoms with Crippen LogP contribution in [0.1, 0.15) is 18.6 Å². The van der Waals surface area contributed by atoms with Gasteiger partial charge in [0.05, 0.1) is 0 Å². The Labute approximate surface area is 72.2 Å². The van der Waals surface area contributed by atoms with Gasteiger partial charge in [-0.25, -0.2) is 0 Å². The molecule has 1 aromatic rings. The van der Waals surface area contributed by atoms with Crippen molar-refractivity contribution in [2.45, 2.75) is 13.0 Å². The zero-order valence-corrected chi connectivity index (χ0v) is 7.20. The zero-order chi connectivity index (χ0) is 8.97. The number of Topliss-reactive ketones (excluding diaryl/α,β-unsaturated/α-hetero) is 1. The number of methoxy groups -OCH3 is 1. The molecule has 63 valence electrons. The third kappa shape index (κ3) is 1.92. The van der Waals surface area contributed by atoms with Crippen LogP contribution >= 0.6 is 0 Å². The normalized spacial score (nSPS) is 12.5. The summed E-state index contributed by atoms with van der Waals surface area (Å²) in [4.78, 5) is 11.0. The lowest BCUT2D eigenvalue weighted by Crippen LogP contribution is -2.10. The summed E-state index contributed by atoms with van der Waals surface area (Å²) in [6.45, 7) is 1.51. The van der Waals surface area contributed by atoms with Crippen LogP contribution in [0.25, 0.3) is 0 Å². The minimum Gasteiger partial charge on any atom is -0.369 e. The fourth-order valence-corrected chi connectivity index (χ4v) is 1.08. The molecule has 0 N–H and O–H groups in total. The first kappa shape index (κ1) is 8.94. The van der Waals surface area contributed by atoms with Crippen LogP contribution in [0.15, 0.2) is 24.3 Å². The molecule has 0 saturated carbocycles. The maximum absolute atomic E-state index is 11.0. The van der Waals surface area contributed by atoms with Gasteiger partial charge in [0.1, 0.15) is 6.10 Å². The van der Waals surface area contributed by atoms with Gasteiger partial charge in [0.25, 0.3) is 0 Å². The molecule has 2 heteroatoms. The fourth-order valence-electron chi connectivity index (χ4n) is 1.08. The van der Waals surface area contributed by atoms with Crippen LogP contribution in [0, 0.1) is 6.07 Å². The van der Waals surface area contributed by atoms with E-state index in [1.807, 2.05) is 18.2 Å². The van der Waals surface area contributed by atoms with Crippen molar-refractivity contribution in [1.29, 1.82) is 0 Å². The molecule has 12 heavy (non-hydrogen) atoms. The van der Waals surface area contributed by atoms with Gasteiger partial charge in [-0.1, -0.05) is 24.3 Å². The minimum atomic E-state index is -0.466. The highest BCUT2D eigenvalue weighted by Crippen LogP contribution is 2.15. The summed E-state index contributed by atoms with van der Waals surface area (Å²) >= 11 is 0. The lowest BCUT2D eigenvalue weighted by molar-refractivity contribution is -0.126. The fraction of sp³-hybridized carbons (Fsp3) is 0.300. The molecule has 1 radical (unpaired) electrons. The van der Waals surface area contributed by atoms with Crippen LogP contribution < -0.4 is 0 Å². The number of hydrogen-bond acceptors (Lipinski definition) is 2. The Balaban J connectivity index is 2.88. The summed E-state index contributed by atoms with van der Waals surface area (Å²) in [7, 11) is 1.52. The summed E-state index contributed by atoms with van der Waals surface area (Å²) in [5.74, 6) is -0.0000463. The summed E-state index contributed by atoms with van der Waals surface area (Å²) in [6, 6.07) is 10.3. The number of hydrogen-bond donors (Lipinski definition) is 0. The van der Waals surface area contributed by atoms with Gasteiger partial charge in [0.15, 0.2) is 5.78 Å². The lowest BCUT2D eigenvalue weighted by Gasteiger charge is -2.10. The van der Waals surface area contributed by atoms with Crippen molar-refractivity contribution < 1.29 is 9.53 Å². The lowest BCUT2D eigenvalue weighted by atomic mass is 10.1. The molecular weight excluding hydrogens is 152 g/mol. The molecule has 0 aliphatic heterocycles. The van der Waals surface area contributed by atoms with Crippen LogP contribution in [0.5, 0.6) is 0 Å². The van der Waals surface area contributed by atoms with Gasteiger partial charge in [0.2, 0.25) is 0 Å². The van der Waals surface area contributed by atoms with Crippen LogP contribution in [0.4, 0.5) is 0 Å². The molecule has 0 bridgehead atoms. The Hall–Kier alpha value is -1.15. The molecule has 0 heterocycles. The van der Waals surface area contributed by atoms with Crippen LogP contribution in [0.2, 0.25) is 0 Å². The third-order valence-electron chi connectivity index (χ3n) is 1.62. The van der Waals surface area contributed by atoms with Crippen molar-refractivity contribution in [3.05, 3.63) is 35.9 Å². The average molecular weight is 163 g/mol. The van der Waals surface area contributed by atoms with E-state index in [4.69, 9.17) is 4.74 Å². The van der Waals surface area contributed by atoms with Gasteiger partial charge in [-0.15, -0.1) is 0 Å². The molecule has 0 amide bonds. The predicted octanol–water partition coefficient (Wildman–Crippen LogP) is 1.76. The van der Waals surface area contributed by atoms with E-state index in [0.29, 0.717) is 0 Å². The third-order valence-corrected chi connectivity index (χ3v) is 1.62. The van der Waals surface area contributed by atoms with E-state index < -0.39 is 6.10 Å². The van der Waals surface area contributed by atoms with E-state index in [1.165, 1.54) is 14.0 Å². The molecule has 0 fully saturated rings. The Morgan fingerprint density at radius 3 is 2.75 bits per heavy atom. The van der Waals surface area contributed by atoms with Crippen LogP contribution in [0.3, 0.4) is 0 Å². The standard InChI is InChI=1S/C10H11O2/c1-8(11)10(12-2)9-6-4-3-5-7-9/h3-6,10H,1-2H3. The second kappa shape index (κ2) is 4.02. The Bertz CT molecular complexity index is 254. The van der Waals surface area contributed by atoms with Gasteiger partial charge in [-0.2, -0.15) is 0 Å². The number of carbonyl (C=O) groups is 1. The van der Waals surface area contributed by atoms with Gasteiger partial charge in [-0.05, 0) is 18.6 Å². The first-order valence-corrected chi connectivity index (χ1v) is 3.75. The summed E-state index contributed by atoms with van der Waals surface area (Å²) in [5.41, 5.74) is 0.785. The maximum atomic E-state index is 11.0. The Morgan fingerprint density at radius 1 is 1.58 bits per heavy atom. The summed E-state index contributed by atoms with van der Waals surface area (Å²) < 4.78 is 5.02. The van der Waals surface area contributed by atoms with E-state index in [1.54, 1.807) is 6.07 Å². The largest absolute Gasteiger partial charge is 0.369 e. The number of ketones is 1. The van der Waals surface area contributed by atoms with E-state index in [2.05, 4.69) is 6.07 Å². The number of rotatable bonds is 3. The second-order valence-electron chi connectivity index (χ2n) is 2.54. The molecule has 0 aromatic heterocycles. The van der Waals surface area contributed by atoms with Gasteiger partial charge >= 0.3 is 0 Å². The van der Waals surface area contributed by atoms with Crippen molar-refractivity contribution in [3.8, 4) is 0 Å². The predicted molar refractivity (Wildman–Crippen MR) is 45.7 cm³/mol. The summed E-state index contributed by atoms with van der Waals surface area (Å²) in [6.07, 6.45) is -0.466. The Kier molecular flexibility index (Phi) is 3.00. The highest BCUT2D eigenvalue weighted by Gasteiger charge is 2.14. The topological polar surface area (TPSA) is 26.3 Å². The zero-order valence-electron chi connectivity index (χ0n) is 7.20. The van der Waals surface area contributed by atoms with Crippen LogP contribution in [-0.4, -0.2) is 12.9 Å². The number of benzene rings is 1. The molecule has 0 aliphatic carbocycles. The SMILES string of the molecule is COC(C(C)=O)c1[c]cccc1. The van der Waals surface area contributed by atoms with Crippen molar-refractivity contribution in [2.75, 3.05) is 7.11 Å². The quantitative estimate of drug-likeness (QED) is 0.678. The van der Waals surface area contributed by atoms with E-state index in [9.17, 15) is 4.79 Å². The molecule has 0 aliphatic rings. The molecule has 0 spiro atoms. The molecule has 1 unspecified atom stereocenters. The van der Waals surface area contributed by atoms with E-state index in [-0.39, 0.29) is 5.78 Å².